The Morgan fingerprint density at radius 3 is 2.43 bits per heavy atom. The summed E-state index contributed by atoms with van der Waals surface area (Å²) in [6, 6.07) is 10.8. The molecule has 3 aromatic rings. The predicted molar refractivity (Wildman–Crippen MR) is 107 cm³/mol. The molecule has 28 heavy (non-hydrogen) atoms. The molecular weight excluding hydrogens is 352 g/mol. The van der Waals surface area contributed by atoms with Crippen LogP contribution in [0.4, 0.5) is 11.5 Å². The minimum atomic E-state index is -0.416. The maximum atomic E-state index is 12.5. The zero-order valence-electron chi connectivity index (χ0n) is 15.9. The van der Waals surface area contributed by atoms with Crippen molar-refractivity contribution in [3.63, 3.8) is 0 Å². The van der Waals surface area contributed by atoms with E-state index in [1.165, 1.54) is 7.11 Å². The van der Waals surface area contributed by atoms with Crippen LogP contribution in [-0.2, 0) is 11.3 Å². The fourth-order valence-corrected chi connectivity index (χ4v) is 3.35. The fourth-order valence-electron chi connectivity index (χ4n) is 3.35. The molecule has 2 aromatic heterocycles. The number of rotatable bonds is 4. The molecule has 6 heteroatoms. The third kappa shape index (κ3) is 3.24. The highest BCUT2D eigenvalue weighted by molar-refractivity contribution is 5.99. The van der Waals surface area contributed by atoms with E-state index in [9.17, 15) is 4.79 Å². The smallest absolute Gasteiger partial charge is 0.340 e. The SMILES string of the molecule is [C-]#[N+]c1ccc(-c2c(C(=O)OC)c(C)n(Cc3cccnc3[N+]#[C-])c2C)cc1. The third-order valence-electron chi connectivity index (χ3n) is 4.76. The van der Waals surface area contributed by atoms with Crippen molar-refractivity contribution in [2.75, 3.05) is 7.11 Å². The molecule has 3 rings (SSSR count). The van der Waals surface area contributed by atoms with Gasteiger partial charge in [-0.3, -0.25) is 0 Å². The van der Waals surface area contributed by atoms with Gasteiger partial charge in [0.1, 0.15) is 6.20 Å². The van der Waals surface area contributed by atoms with Gasteiger partial charge in [0.25, 0.3) is 5.82 Å². The molecule has 0 spiro atoms. The summed E-state index contributed by atoms with van der Waals surface area (Å²) in [7, 11) is 1.36. The second kappa shape index (κ2) is 7.77. The second-order valence-corrected chi connectivity index (χ2v) is 6.26. The summed E-state index contributed by atoms with van der Waals surface area (Å²) >= 11 is 0. The summed E-state index contributed by atoms with van der Waals surface area (Å²) in [4.78, 5) is 23.6. The normalized spacial score (nSPS) is 10.2. The van der Waals surface area contributed by atoms with Gasteiger partial charge in [-0.15, -0.1) is 4.98 Å². The van der Waals surface area contributed by atoms with Gasteiger partial charge in [0, 0.05) is 23.5 Å². The summed E-state index contributed by atoms with van der Waals surface area (Å²) in [6.45, 7) is 18.7. The fraction of sp³-hybridized carbons (Fsp3) is 0.182. The Kier molecular flexibility index (Phi) is 5.24. The molecule has 0 aliphatic rings. The van der Waals surface area contributed by atoms with Gasteiger partial charge in [0.15, 0.2) is 5.69 Å². The van der Waals surface area contributed by atoms with Crippen LogP contribution in [0.5, 0.6) is 0 Å². The number of methoxy groups -OCH3 is 1. The monoisotopic (exact) mass is 370 g/mol. The van der Waals surface area contributed by atoms with Gasteiger partial charge in [0.2, 0.25) is 0 Å². The number of carbonyl (C=O) groups excluding carboxylic acids is 1. The number of esters is 1. The molecule has 0 saturated heterocycles. The molecule has 0 atom stereocenters. The second-order valence-electron chi connectivity index (χ2n) is 6.26. The number of aromatic nitrogens is 2. The summed E-state index contributed by atoms with van der Waals surface area (Å²) < 4.78 is 7.02. The molecule has 0 fully saturated rings. The topological polar surface area (TPSA) is 52.8 Å². The molecule has 0 aliphatic heterocycles. The number of ether oxygens (including phenoxy) is 1. The average molecular weight is 370 g/mol. The summed E-state index contributed by atoms with van der Waals surface area (Å²) in [6.07, 6.45) is 1.59. The molecule has 0 radical (unpaired) electrons. The maximum absolute atomic E-state index is 12.5. The lowest BCUT2D eigenvalue weighted by Crippen LogP contribution is -2.07. The molecule has 2 heterocycles. The van der Waals surface area contributed by atoms with Gasteiger partial charge in [-0.25, -0.2) is 9.64 Å². The van der Waals surface area contributed by atoms with Gasteiger partial charge in [-0.05, 0) is 31.0 Å². The largest absolute Gasteiger partial charge is 0.465 e. The lowest BCUT2D eigenvalue weighted by Gasteiger charge is -2.11. The zero-order chi connectivity index (χ0) is 20.3. The van der Waals surface area contributed by atoms with E-state index in [4.69, 9.17) is 17.9 Å². The van der Waals surface area contributed by atoms with E-state index in [0.717, 1.165) is 28.1 Å². The van der Waals surface area contributed by atoms with Gasteiger partial charge < -0.3 is 14.1 Å². The van der Waals surface area contributed by atoms with Gasteiger partial charge in [-0.2, -0.15) is 0 Å². The van der Waals surface area contributed by atoms with Crippen LogP contribution in [0.2, 0.25) is 0 Å². The highest BCUT2D eigenvalue weighted by Crippen LogP contribution is 2.35. The molecular formula is C22H18N4O2. The highest BCUT2D eigenvalue weighted by atomic mass is 16.5. The van der Waals surface area contributed by atoms with Crippen LogP contribution in [0.25, 0.3) is 20.8 Å². The Hall–Kier alpha value is -3.90. The molecule has 0 aliphatic carbocycles. The van der Waals surface area contributed by atoms with E-state index in [1.807, 2.05) is 36.6 Å². The van der Waals surface area contributed by atoms with Gasteiger partial charge in [-0.1, -0.05) is 36.9 Å². The quantitative estimate of drug-likeness (QED) is 0.474. The molecule has 0 N–H and O–H groups in total. The first kappa shape index (κ1) is 18.9. The van der Waals surface area contributed by atoms with Gasteiger partial charge in [0.05, 0.1) is 19.2 Å². The van der Waals surface area contributed by atoms with E-state index in [0.29, 0.717) is 23.6 Å². The Labute approximate surface area is 163 Å². The van der Waals surface area contributed by atoms with E-state index in [2.05, 4.69) is 14.7 Å². The van der Waals surface area contributed by atoms with Crippen LogP contribution < -0.4 is 0 Å². The van der Waals surface area contributed by atoms with Crippen molar-refractivity contribution in [2.45, 2.75) is 20.4 Å². The lowest BCUT2D eigenvalue weighted by atomic mass is 10.0. The summed E-state index contributed by atoms with van der Waals surface area (Å²) in [5.41, 5.74) is 5.06. The summed E-state index contributed by atoms with van der Waals surface area (Å²) in [5.74, 6) is -0.0715. The Balaban J connectivity index is 2.20. The number of nitrogens with zero attached hydrogens (tertiary/aromatic N) is 4. The first-order valence-electron chi connectivity index (χ1n) is 8.59. The zero-order valence-corrected chi connectivity index (χ0v) is 15.9. The van der Waals surface area contributed by atoms with Crippen molar-refractivity contribution < 1.29 is 9.53 Å². The van der Waals surface area contributed by atoms with E-state index < -0.39 is 5.97 Å². The van der Waals surface area contributed by atoms with Gasteiger partial charge >= 0.3 is 5.97 Å². The molecule has 0 amide bonds. The van der Waals surface area contributed by atoms with Crippen LogP contribution in [-0.4, -0.2) is 22.6 Å². The van der Waals surface area contributed by atoms with Crippen LogP contribution >= 0.6 is 0 Å². The highest BCUT2D eigenvalue weighted by Gasteiger charge is 2.25. The first-order valence-corrected chi connectivity index (χ1v) is 8.59. The van der Waals surface area contributed by atoms with E-state index in [-0.39, 0.29) is 0 Å². The van der Waals surface area contributed by atoms with Crippen molar-refractivity contribution in [1.29, 1.82) is 0 Å². The lowest BCUT2D eigenvalue weighted by molar-refractivity contribution is 0.0600. The van der Waals surface area contributed by atoms with E-state index in [1.54, 1.807) is 24.4 Å². The number of hydrogen-bond donors (Lipinski definition) is 0. The summed E-state index contributed by atoms with van der Waals surface area (Å²) in [5, 5.41) is 0. The Morgan fingerprint density at radius 1 is 1.11 bits per heavy atom. The minimum absolute atomic E-state index is 0.345. The van der Waals surface area contributed by atoms with Crippen LogP contribution in [0.15, 0.2) is 42.6 Å². The minimum Gasteiger partial charge on any atom is -0.465 e. The Bertz CT molecular complexity index is 1130. The van der Waals surface area contributed by atoms with Crippen LogP contribution in [0.3, 0.4) is 0 Å². The first-order chi connectivity index (χ1) is 13.5. The molecule has 138 valence electrons. The van der Waals surface area contributed by atoms with Crippen molar-refractivity contribution in [3.8, 4) is 11.1 Å². The average Bonchev–Trinajstić information content (AvgIpc) is 2.98. The van der Waals surface area contributed by atoms with Crippen molar-refractivity contribution in [1.82, 2.24) is 9.55 Å². The molecule has 1 aromatic carbocycles. The third-order valence-corrected chi connectivity index (χ3v) is 4.76. The Morgan fingerprint density at radius 2 is 1.82 bits per heavy atom. The van der Waals surface area contributed by atoms with Crippen LogP contribution in [0, 0.1) is 27.0 Å². The predicted octanol–water partition coefficient (Wildman–Crippen LogP) is 5.10. The maximum Gasteiger partial charge on any atom is 0.340 e. The molecule has 0 unspecified atom stereocenters. The number of hydrogen-bond acceptors (Lipinski definition) is 3. The number of benzene rings is 1. The molecule has 6 nitrogen and oxygen atoms in total. The standard InChI is InChI=1S/C22H18N4O2/c1-14-19(16-8-10-18(23-3)11-9-16)20(22(27)28-5)15(2)26(14)13-17-7-6-12-25-21(17)24-4/h6-12H,13H2,1-2,5H3. The van der Waals surface area contributed by atoms with Crippen molar-refractivity contribution in [3.05, 3.63) is 87.9 Å². The van der Waals surface area contributed by atoms with Crippen LogP contribution in [0.1, 0.15) is 27.3 Å². The van der Waals surface area contributed by atoms with Crippen molar-refractivity contribution >= 4 is 17.5 Å². The van der Waals surface area contributed by atoms with E-state index >= 15 is 0 Å². The molecule has 0 saturated carbocycles. The number of pyridine rings is 1. The number of carbonyl (C=O) groups is 1. The van der Waals surface area contributed by atoms with Crippen molar-refractivity contribution in [2.24, 2.45) is 0 Å². The molecule has 0 bridgehead atoms.